The number of aromatic hydroxyl groups is 1. The number of halogens is 2. The van der Waals surface area contributed by atoms with Crippen molar-refractivity contribution in [2.75, 3.05) is 7.11 Å². The molecule has 0 heterocycles. The van der Waals surface area contributed by atoms with Crippen molar-refractivity contribution in [3.05, 3.63) is 34.3 Å². The highest BCUT2D eigenvalue weighted by Gasteiger charge is 2.18. The van der Waals surface area contributed by atoms with Crippen molar-refractivity contribution in [1.29, 1.82) is 0 Å². The van der Waals surface area contributed by atoms with Crippen LogP contribution in [-0.4, -0.2) is 12.2 Å². The second-order valence-corrected chi connectivity index (χ2v) is 4.63. The van der Waals surface area contributed by atoms with Crippen LogP contribution in [0.1, 0.15) is 24.9 Å². The monoisotopic (exact) mass is 321 g/mol. The average molecular weight is 323 g/mol. The molecule has 0 spiro atoms. The molecule has 0 aromatic heterocycles. The lowest BCUT2D eigenvalue weighted by atomic mass is 10.00. The summed E-state index contributed by atoms with van der Waals surface area (Å²) < 4.78 is 5.82. The highest BCUT2D eigenvalue weighted by molar-refractivity contribution is 9.10. The zero-order chi connectivity index (χ0) is 12.3. The minimum atomic E-state index is -0.290. The Balaban J connectivity index is 0.00000256. The number of hydrogen-bond donors (Lipinski definition) is 2. The van der Waals surface area contributed by atoms with Gasteiger partial charge >= 0.3 is 0 Å². The van der Waals surface area contributed by atoms with Crippen molar-refractivity contribution in [2.45, 2.75) is 19.4 Å². The molecule has 0 fully saturated rings. The smallest absolute Gasteiger partial charge is 0.163 e. The van der Waals surface area contributed by atoms with E-state index in [1.807, 2.05) is 13.0 Å². The van der Waals surface area contributed by atoms with Crippen molar-refractivity contribution in [1.82, 2.24) is 0 Å². The van der Waals surface area contributed by atoms with E-state index in [2.05, 4.69) is 22.5 Å². The van der Waals surface area contributed by atoms with Crippen molar-refractivity contribution < 1.29 is 9.84 Å². The molecule has 0 aliphatic heterocycles. The maximum Gasteiger partial charge on any atom is 0.163 e. The van der Waals surface area contributed by atoms with Gasteiger partial charge in [-0.15, -0.1) is 19.0 Å². The van der Waals surface area contributed by atoms with E-state index in [1.54, 1.807) is 6.07 Å². The molecule has 1 aromatic carbocycles. The summed E-state index contributed by atoms with van der Waals surface area (Å²) in [7, 11) is 1.51. The van der Waals surface area contributed by atoms with Crippen LogP contribution in [0.5, 0.6) is 11.5 Å². The van der Waals surface area contributed by atoms with Crippen LogP contribution in [0.4, 0.5) is 0 Å². The van der Waals surface area contributed by atoms with Crippen LogP contribution in [0, 0.1) is 0 Å². The van der Waals surface area contributed by atoms with Gasteiger partial charge in [0.1, 0.15) is 0 Å². The van der Waals surface area contributed by atoms with Crippen LogP contribution in [0.15, 0.2) is 28.8 Å². The van der Waals surface area contributed by atoms with E-state index < -0.39 is 0 Å². The summed E-state index contributed by atoms with van der Waals surface area (Å²) >= 11 is 3.38. The van der Waals surface area contributed by atoms with Gasteiger partial charge < -0.3 is 15.6 Å². The first-order valence-electron chi connectivity index (χ1n) is 4.92. The molecule has 0 amide bonds. The van der Waals surface area contributed by atoms with Crippen molar-refractivity contribution in [3.63, 3.8) is 0 Å². The third kappa shape index (κ3) is 3.91. The number of nitrogens with two attached hydrogens (primary N) is 1. The third-order valence-electron chi connectivity index (χ3n) is 2.29. The van der Waals surface area contributed by atoms with Crippen LogP contribution < -0.4 is 10.5 Å². The van der Waals surface area contributed by atoms with E-state index in [-0.39, 0.29) is 24.2 Å². The minimum Gasteiger partial charge on any atom is -0.504 e. The molecule has 0 aliphatic carbocycles. The predicted octanol–water partition coefficient (Wildman–Crippen LogP) is 3.55. The van der Waals surface area contributed by atoms with E-state index in [0.29, 0.717) is 17.7 Å². The lowest BCUT2D eigenvalue weighted by molar-refractivity contribution is 0.368. The Morgan fingerprint density at radius 3 is 2.65 bits per heavy atom. The van der Waals surface area contributed by atoms with Crippen LogP contribution in [0.25, 0.3) is 0 Å². The first-order chi connectivity index (χ1) is 7.47. The van der Waals surface area contributed by atoms with Crippen molar-refractivity contribution in [2.24, 2.45) is 5.73 Å². The van der Waals surface area contributed by atoms with E-state index in [9.17, 15) is 5.11 Å². The summed E-state index contributed by atoms with van der Waals surface area (Å²) in [5.41, 5.74) is 7.64. The summed E-state index contributed by atoms with van der Waals surface area (Å²) in [6.07, 6.45) is 0.624. The number of ether oxygens (including phenoxy) is 1. The normalized spacial score (nSPS) is 11.5. The third-order valence-corrected chi connectivity index (χ3v) is 2.98. The highest BCUT2D eigenvalue weighted by Crippen LogP contribution is 2.39. The number of benzene rings is 1. The lowest BCUT2D eigenvalue weighted by Gasteiger charge is -2.17. The van der Waals surface area contributed by atoms with Crippen LogP contribution >= 0.6 is 28.3 Å². The number of phenols is 1. The molecule has 1 rings (SSSR count). The van der Waals surface area contributed by atoms with Crippen LogP contribution in [0.2, 0.25) is 0 Å². The number of hydrogen-bond acceptors (Lipinski definition) is 3. The van der Waals surface area contributed by atoms with E-state index in [4.69, 9.17) is 10.5 Å². The molecule has 0 saturated carbocycles. The van der Waals surface area contributed by atoms with Gasteiger partial charge in [-0.1, -0.05) is 21.5 Å². The molecule has 0 saturated heterocycles. The zero-order valence-electron chi connectivity index (χ0n) is 9.87. The summed E-state index contributed by atoms with van der Waals surface area (Å²) in [6.45, 7) is 5.72. The predicted molar refractivity (Wildman–Crippen MR) is 76.0 cm³/mol. The number of methoxy groups -OCH3 is 1. The Hall–Kier alpha value is -0.710. The highest BCUT2D eigenvalue weighted by atomic mass is 79.9. The number of rotatable bonds is 4. The van der Waals surface area contributed by atoms with Gasteiger partial charge in [0.25, 0.3) is 0 Å². The van der Waals surface area contributed by atoms with Gasteiger partial charge in [0.05, 0.1) is 7.11 Å². The molecule has 1 aromatic rings. The Kier molecular flexibility index (Phi) is 6.60. The molecule has 0 radical (unpaired) electrons. The Morgan fingerprint density at radius 1 is 1.59 bits per heavy atom. The van der Waals surface area contributed by atoms with Gasteiger partial charge in [-0.2, -0.15) is 0 Å². The first-order valence-corrected chi connectivity index (χ1v) is 5.72. The van der Waals surface area contributed by atoms with Gasteiger partial charge in [-0.3, -0.25) is 0 Å². The molecule has 0 bridgehead atoms. The van der Waals surface area contributed by atoms with Gasteiger partial charge in [-0.25, -0.2) is 0 Å². The summed E-state index contributed by atoms with van der Waals surface area (Å²) in [4.78, 5) is 0. The molecule has 5 heteroatoms. The Morgan fingerprint density at radius 2 is 2.18 bits per heavy atom. The van der Waals surface area contributed by atoms with Gasteiger partial charge in [-0.05, 0) is 25.5 Å². The maximum absolute atomic E-state index is 9.99. The van der Waals surface area contributed by atoms with E-state index >= 15 is 0 Å². The minimum absolute atomic E-state index is 0. The standard InChI is InChI=1S/C12H16BrNO2.ClH/c1-7(2)6-9(14)11-8(13)4-5-10(16-3)12(11)15;/h4-5,9,15H,1,6,14H2,2-3H3;1H/t9-;/m1./s1. The van der Waals surface area contributed by atoms with E-state index in [1.165, 1.54) is 7.11 Å². The molecule has 1 atom stereocenters. The van der Waals surface area contributed by atoms with Crippen molar-refractivity contribution >= 4 is 28.3 Å². The fraction of sp³-hybridized carbons (Fsp3) is 0.333. The molecule has 3 N–H and O–H groups in total. The molecule has 96 valence electrons. The second-order valence-electron chi connectivity index (χ2n) is 3.78. The SMILES string of the molecule is C=C(C)C[C@@H](N)c1c(Br)ccc(OC)c1O.Cl. The molecule has 0 aliphatic rings. The van der Waals surface area contributed by atoms with Crippen LogP contribution in [0.3, 0.4) is 0 Å². The molecular formula is C12H17BrClNO2. The zero-order valence-corrected chi connectivity index (χ0v) is 12.3. The maximum atomic E-state index is 9.99. The fourth-order valence-corrected chi connectivity index (χ4v) is 2.17. The summed E-state index contributed by atoms with van der Waals surface area (Å²) in [5.74, 6) is 0.515. The fourth-order valence-electron chi connectivity index (χ4n) is 1.56. The summed E-state index contributed by atoms with van der Waals surface area (Å²) in [5, 5.41) is 9.99. The quantitative estimate of drug-likeness (QED) is 0.834. The van der Waals surface area contributed by atoms with Crippen molar-refractivity contribution in [3.8, 4) is 11.5 Å². The molecule has 3 nitrogen and oxygen atoms in total. The first kappa shape index (κ1) is 16.3. The topological polar surface area (TPSA) is 55.5 Å². The molecule has 0 unspecified atom stereocenters. The lowest BCUT2D eigenvalue weighted by Crippen LogP contribution is -2.11. The van der Waals surface area contributed by atoms with Gasteiger partial charge in [0.15, 0.2) is 11.5 Å². The molecular weight excluding hydrogens is 305 g/mol. The van der Waals surface area contributed by atoms with Crippen LogP contribution in [-0.2, 0) is 0 Å². The summed E-state index contributed by atoms with van der Waals surface area (Å²) in [6, 6.07) is 3.21. The molecule has 17 heavy (non-hydrogen) atoms. The average Bonchev–Trinajstić information content (AvgIpc) is 2.16. The Labute approximate surface area is 116 Å². The van der Waals surface area contributed by atoms with Gasteiger partial charge in [0.2, 0.25) is 0 Å². The largest absolute Gasteiger partial charge is 0.504 e. The van der Waals surface area contributed by atoms with Gasteiger partial charge in [0, 0.05) is 16.1 Å². The Bertz CT molecular complexity index is 410. The van der Waals surface area contributed by atoms with E-state index in [0.717, 1.165) is 10.0 Å². The number of phenolic OH excluding ortho intramolecular Hbond substituents is 1. The second kappa shape index (κ2) is 6.89.